The molecule has 1 aliphatic rings. The van der Waals surface area contributed by atoms with E-state index in [4.69, 9.17) is 0 Å². The van der Waals surface area contributed by atoms with Gasteiger partial charge in [-0.15, -0.1) is 0 Å². The van der Waals surface area contributed by atoms with E-state index in [0.29, 0.717) is 23.4 Å². The Labute approximate surface area is 176 Å². The molecule has 0 bridgehead atoms. The summed E-state index contributed by atoms with van der Waals surface area (Å²) in [7, 11) is 0. The van der Waals surface area contributed by atoms with Crippen molar-refractivity contribution in [1.29, 1.82) is 0 Å². The first kappa shape index (κ1) is 21.4. The molecule has 1 heterocycles. The first-order chi connectivity index (χ1) is 14.5. The Balaban J connectivity index is 1.54. The van der Waals surface area contributed by atoms with Crippen LogP contribution in [0.15, 0.2) is 42.5 Å². The van der Waals surface area contributed by atoms with Gasteiger partial charge in [-0.05, 0) is 61.7 Å². The third-order valence-electron chi connectivity index (χ3n) is 5.18. The minimum absolute atomic E-state index is 0.0577. The monoisotopic (exact) mass is 408 g/mol. The highest BCUT2D eigenvalue weighted by molar-refractivity contribution is 5.97. The molecule has 0 radical (unpaired) electrons. The van der Waals surface area contributed by atoms with Gasteiger partial charge >= 0.3 is 0 Å². The second kappa shape index (κ2) is 9.91. The third kappa shape index (κ3) is 5.37. The molecule has 3 rings (SSSR count). The molecule has 30 heavy (non-hydrogen) atoms. The van der Waals surface area contributed by atoms with Crippen LogP contribution in [-0.4, -0.2) is 42.3 Å². The maximum absolute atomic E-state index is 12.4. The fraction of sp³-hybridized carbons (Fsp3) is 0.348. The van der Waals surface area contributed by atoms with Crippen LogP contribution >= 0.6 is 0 Å². The normalized spacial score (nSPS) is 13.1. The van der Waals surface area contributed by atoms with Crippen molar-refractivity contribution in [3.8, 4) is 0 Å². The largest absolute Gasteiger partial charge is 0.376 e. The van der Waals surface area contributed by atoms with Crippen molar-refractivity contribution < 1.29 is 14.4 Å². The standard InChI is InChI=1S/C23H28N4O3/c1-3-21(28)25-19-7-6-8-20(16(19)2)26-22(29)15-24-18-11-9-17(10-12-18)23(30)27-13-4-5-14-27/h6-12,24H,3-5,13-15H2,1-2H3,(H,25,28)(H,26,29). The van der Waals surface area contributed by atoms with E-state index in [0.717, 1.165) is 37.2 Å². The fourth-order valence-corrected chi connectivity index (χ4v) is 3.36. The van der Waals surface area contributed by atoms with Gasteiger partial charge in [-0.2, -0.15) is 0 Å². The third-order valence-corrected chi connectivity index (χ3v) is 5.18. The molecule has 158 valence electrons. The van der Waals surface area contributed by atoms with Gasteiger partial charge in [0.1, 0.15) is 0 Å². The van der Waals surface area contributed by atoms with Crippen LogP contribution in [0.3, 0.4) is 0 Å². The van der Waals surface area contributed by atoms with Crippen molar-refractivity contribution in [3.05, 3.63) is 53.6 Å². The molecule has 1 saturated heterocycles. The van der Waals surface area contributed by atoms with Crippen LogP contribution in [0.4, 0.5) is 17.1 Å². The van der Waals surface area contributed by atoms with Crippen LogP contribution in [0.2, 0.25) is 0 Å². The van der Waals surface area contributed by atoms with Crippen molar-refractivity contribution in [2.45, 2.75) is 33.1 Å². The van der Waals surface area contributed by atoms with Crippen molar-refractivity contribution >= 4 is 34.8 Å². The molecular weight excluding hydrogens is 380 g/mol. The molecule has 7 heteroatoms. The molecule has 0 aliphatic carbocycles. The van der Waals surface area contributed by atoms with Gasteiger partial charge in [-0.3, -0.25) is 14.4 Å². The van der Waals surface area contributed by atoms with E-state index in [2.05, 4.69) is 16.0 Å². The van der Waals surface area contributed by atoms with Crippen LogP contribution in [0, 0.1) is 6.92 Å². The fourth-order valence-electron chi connectivity index (χ4n) is 3.36. The van der Waals surface area contributed by atoms with Gasteiger partial charge in [0.15, 0.2) is 0 Å². The Hall–Kier alpha value is -3.35. The maximum atomic E-state index is 12.4. The Morgan fingerprint density at radius 2 is 1.50 bits per heavy atom. The quantitative estimate of drug-likeness (QED) is 0.653. The molecule has 0 unspecified atom stereocenters. The van der Waals surface area contributed by atoms with Crippen LogP contribution < -0.4 is 16.0 Å². The highest BCUT2D eigenvalue weighted by Crippen LogP contribution is 2.23. The Morgan fingerprint density at radius 1 is 0.900 bits per heavy atom. The molecule has 1 fully saturated rings. The first-order valence-electron chi connectivity index (χ1n) is 10.3. The van der Waals surface area contributed by atoms with E-state index in [-0.39, 0.29) is 24.3 Å². The summed E-state index contributed by atoms with van der Waals surface area (Å²) >= 11 is 0. The number of nitrogens with one attached hydrogen (secondary N) is 3. The number of hydrogen-bond acceptors (Lipinski definition) is 4. The molecule has 7 nitrogen and oxygen atoms in total. The molecule has 3 N–H and O–H groups in total. The zero-order chi connectivity index (χ0) is 21.5. The second-order valence-corrected chi connectivity index (χ2v) is 7.36. The molecule has 2 aromatic rings. The number of nitrogens with zero attached hydrogens (tertiary/aromatic N) is 1. The predicted molar refractivity (Wildman–Crippen MR) is 119 cm³/mol. The minimum atomic E-state index is -0.200. The SMILES string of the molecule is CCC(=O)Nc1cccc(NC(=O)CNc2ccc(C(=O)N3CCCC3)cc2)c1C. The summed E-state index contributed by atoms with van der Waals surface area (Å²) in [6.45, 7) is 5.37. The van der Waals surface area contributed by atoms with Crippen molar-refractivity contribution in [1.82, 2.24) is 4.90 Å². The van der Waals surface area contributed by atoms with Crippen molar-refractivity contribution in [3.63, 3.8) is 0 Å². The number of hydrogen-bond donors (Lipinski definition) is 3. The van der Waals surface area contributed by atoms with E-state index < -0.39 is 0 Å². The van der Waals surface area contributed by atoms with Gasteiger partial charge in [0.25, 0.3) is 5.91 Å². The van der Waals surface area contributed by atoms with Gasteiger partial charge in [0.05, 0.1) is 6.54 Å². The zero-order valence-electron chi connectivity index (χ0n) is 17.5. The minimum Gasteiger partial charge on any atom is -0.376 e. The van der Waals surface area contributed by atoms with E-state index >= 15 is 0 Å². The van der Waals surface area contributed by atoms with Gasteiger partial charge in [0.2, 0.25) is 11.8 Å². The van der Waals surface area contributed by atoms with E-state index in [1.807, 2.05) is 30.0 Å². The Bertz CT molecular complexity index is 919. The second-order valence-electron chi connectivity index (χ2n) is 7.36. The number of likely N-dealkylation sites (tertiary alicyclic amines) is 1. The summed E-state index contributed by atoms with van der Waals surface area (Å²) in [5.74, 6) is -0.216. The lowest BCUT2D eigenvalue weighted by molar-refractivity contribution is -0.116. The first-order valence-corrected chi connectivity index (χ1v) is 10.3. The Kier molecular flexibility index (Phi) is 7.06. The lowest BCUT2D eigenvalue weighted by Crippen LogP contribution is -2.27. The molecule has 0 saturated carbocycles. The van der Waals surface area contributed by atoms with Gasteiger partial charge in [-0.1, -0.05) is 13.0 Å². The average Bonchev–Trinajstić information content (AvgIpc) is 3.30. The Morgan fingerprint density at radius 3 is 2.10 bits per heavy atom. The van der Waals surface area contributed by atoms with Crippen molar-refractivity contribution in [2.24, 2.45) is 0 Å². The van der Waals surface area contributed by atoms with Gasteiger partial charge in [0, 0.05) is 42.1 Å². The van der Waals surface area contributed by atoms with Crippen molar-refractivity contribution in [2.75, 3.05) is 35.6 Å². The molecular formula is C23H28N4O3. The lowest BCUT2D eigenvalue weighted by Gasteiger charge is -2.15. The number of rotatable bonds is 7. The van der Waals surface area contributed by atoms with Gasteiger partial charge < -0.3 is 20.9 Å². The molecule has 3 amide bonds. The summed E-state index contributed by atoms with van der Waals surface area (Å²) in [5.41, 5.74) is 3.57. The highest BCUT2D eigenvalue weighted by Gasteiger charge is 2.19. The summed E-state index contributed by atoms with van der Waals surface area (Å²) in [6, 6.07) is 12.6. The number of anilines is 3. The van der Waals surface area contributed by atoms with Crippen LogP contribution in [0.25, 0.3) is 0 Å². The molecule has 1 aliphatic heterocycles. The van der Waals surface area contributed by atoms with E-state index in [1.54, 1.807) is 31.2 Å². The average molecular weight is 409 g/mol. The maximum Gasteiger partial charge on any atom is 0.253 e. The smallest absolute Gasteiger partial charge is 0.253 e. The van der Waals surface area contributed by atoms with Gasteiger partial charge in [-0.25, -0.2) is 0 Å². The zero-order valence-corrected chi connectivity index (χ0v) is 17.5. The molecule has 0 aromatic heterocycles. The summed E-state index contributed by atoms with van der Waals surface area (Å²) in [5, 5.41) is 8.76. The number of carbonyl (C=O) groups excluding carboxylic acids is 3. The van der Waals surface area contributed by atoms with Crippen LogP contribution in [-0.2, 0) is 9.59 Å². The molecule has 0 atom stereocenters. The predicted octanol–water partition coefficient (Wildman–Crippen LogP) is 3.63. The molecule has 0 spiro atoms. The molecule has 2 aromatic carbocycles. The number of amides is 3. The van der Waals surface area contributed by atoms with Crippen LogP contribution in [0.5, 0.6) is 0 Å². The summed E-state index contributed by atoms with van der Waals surface area (Å²) < 4.78 is 0. The number of benzene rings is 2. The summed E-state index contributed by atoms with van der Waals surface area (Å²) in [6.07, 6.45) is 2.52. The summed E-state index contributed by atoms with van der Waals surface area (Å²) in [4.78, 5) is 38.2. The highest BCUT2D eigenvalue weighted by atomic mass is 16.2. The van der Waals surface area contributed by atoms with Crippen LogP contribution in [0.1, 0.15) is 42.1 Å². The lowest BCUT2D eigenvalue weighted by atomic mass is 10.1. The topological polar surface area (TPSA) is 90.5 Å². The number of carbonyl (C=O) groups is 3. The van der Waals surface area contributed by atoms with E-state index in [1.165, 1.54) is 0 Å². The van der Waals surface area contributed by atoms with E-state index in [9.17, 15) is 14.4 Å².